The van der Waals surface area contributed by atoms with E-state index in [-0.39, 0.29) is 17.4 Å². The van der Waals surface area contributed by atoms with Crippen molar-refractivity contribution in [2.24, 2.45) is 40.9 Å². The van der Waals surface area contributed by atoms with Gasteiger partial charge in [0.1, 0.15) is 6.07 Å². The van der Waals surface area contributed by atoms with E-state index < -0.39 is 11.2 Å². The van der Waals surface area contributed by atoms with Crippen molar-refractivity contribution in [2.75, 3.05) is 7.11 Å². The predicted octanol–water partition coefficient (Wildman–Crippen LogP) is 4.15. The standard InChI is InChI=1S/C27H41N3O3/c1-25-10-9-19-20(6-5-18-12-26(2,31)24(33-4)11-21(18)19)22(25)7-8-23(25)27(3,32)16-30-15-17(13-28)14-29-30/h14-15,18-24,31-32H,5-12,16H2,1-4H3/t18-,19+,20-,21+,22+,23+,24-,25+,26+,27+/m1/s1. The largest absolute Gasteiger partial charge is 0.388 e. The summed E-state index contributed by atoms with van der Waals surface area (Å²) >= 11 is 0. The van der Waals surface area contributed by atoms with E-state index in [1.165, 1.54) is 32.1 Å². The smallest absolute Gasteiger partial charge is 0.102 e. The van der Waals surface area contributed by atoms with Crippen LogP contribution in [0, 0.1) is 52.3 Å². The zero-order valence-corrected chi connectivity index (χ0v) is 20.7. The Balaban J connectivity index is 1.34. The Labute approximate surface area is 198 Å². The molecule has 0 bridgehead atoms. The van der Waals surface area contributed by atoms with Crippen molar-refractivity contribution in [1.29, 1.82) is 5.26 Å². The van der Waals surface area contributed by atoms with E-state index in [2.05, 4.69) is 18.1 Å². The predicted molar refractivity (Wildman–Crippen MR) is 125 cm³/mol. The third-order valence-corrected chi connectivity index (χ3v) is 10.7. The number of aliphatic hydroxyl groups is 2. The van der Waals surface area contributed by atoms with Crippen LogP contribution in [-0.4, -0.2) is 44.4 Å². The van der Waals surface area contributed by atoms with Gasteiger partial charge in [0.25, 0.3) is 0 Å². The summed E-state index contributed by atoms with van der Waals surface area (Å²) in [7, 11) is 1.75. The molecule has 1 heterocycles. The maximum atomic E-state index is 11.7. The van der Waals surface area contributed by atoms with Gasteiger partial charge in [0.05, 0.1) is 35.6 Å². The summed E-state index contributed by atoms with van der Waals surface area (Å²) in [6.07, 6.45) is 12.2. The van der Waals surface area contributed by atoms with E-state index in [1.807, 2.05) is 13.8 Å². The van der Waals surface area contributed by atoms with Gasteiger partial charge < -0.3 is 14.9 Å². The molecule has 0 spiro atoms. The summed E-state index contributed by atoms with van der Waals surface area (Å²) in [5.74, 6) is 3.62. The van der Waals surface area contributed by atoms with Crippen LogP contribution in [-0.2, 0) is 11.3 Å². The second-order valence-corrected chi connectivity index (χ2v) is 12.5. The topological polar surface area (TPSA) is 91.3 Å². The van der Waals surface area contributed by atoms with Crippen molar-refractivity contribution in [3.63, 3.8) is 0 Å². The third-order valence-electron chi connectivity index (χ3n) is 10.7. The highest BCUT2D eigenvalue weighted by Crippen LogP contribution is 2.66. The van der Waals surface area contributed by atoms with Crippen molar-refractivity contribution < 1.29 is 14.9 Å². The molecule has 6 heteroatoms. The van der Waals surface area contributed by atoms with Crippen molar-refractivity contribution in [2.45, 2.75) is 96.0 Å². The monoisotopic (exact) mass is 455 g/mol. The van der Waals surface area contributed by atoms with Crippen LogP contribution >= 0.6 is 0 Å². The number of ether oxygens (including phenoxy) is 1. The number of methoxy groups -OCH3 is 1. The maximum Gasteiger partial charge on any atom is 0.102 e. The van der Waals surface area contributed by atoms with E-state index in [9.17, 15) is 10.2 Å². The molecule has 4 fully saturated rings. The highest BCUT2D eigenvalue weighted by Gasteiger charge is 2.61. The Morgan fingerprint density at radius 3 is 2.70 bits per heavy atom. The molecule has 182 valence electrons. The molecule has 4 aliphatic carbocycles. The first-order chi connectivity index (χ1) is 15.6. The molecule has 1 aromatic rings. The minimum absolute atomic E-state index is 0.0600. The summed E-state index contributed by atoms with van der Waals surface area (Å²) in [6.45, 7) is 6.82. The molecule has 0 aliphatic heterocycles. The number of hydrogen-bond donors (Lipinski definition) is 2. The van der Waals surface area contributed by atoms with Gasteiger partial charge in [0, 0.05) is 13.3 Å². The molecule has 5 rings (SSSR count). The molecule has 0 aromatic carbocycles. The fourth-order valence-corrected chi connectivity index (χ4v) is 9.34. The molecule has 0 amide bonds. The fraction of sp³-hybridized carbons (Fsp3) is 0.852. The van der Waals surface area contributed by atoms with Gasteiger partial charge in [0.2, 0.25) is 0 Å². The maximum absolute atomic E-state index is 11.7. The first-order valence-electron chi connectivity index (χ1n) is 13.0. The van der Waals surface area contributed by atoms with E-state index in [0.717, 1.165) is 31.1 Å². The Hall–Kier alpha value is -1.42. The van der Waals surface area contributed by atoms with Crippen LogP contribution in [0.15, 0.2) is 12.4 Å². The molecule has 0 unspecified atom stereocenters. The third kappa shape index (κ3) is 3.75. The van der Waals surface area contributed by atoms with Gasteiger partial charge in [0.15, 0.2) is 0 Å². The molecule has 2 N–H and O–H groups in total. The van der Waals surface area contributed by atoms with Crippen molar-refractivity contribution in [3.05, 3.63) is 18.0 Å². The molecule has 0 saturated heterocycles. The number of nitrogens with zero attached hydrogens (tertiary/aromatic N) is 3. The highest BCUT2D eigenvalue weighted by molar-refractivity contribution is 5.21. The minimum atomic E-state index is -0.850. The van der Waals surface area contributed by atoms with E-state index in [4.69, 9.17) is 10.00 Å². The van der Waals surface area contributed by atoms with Crippen LogP contribution < -0.4 is 0 Å². The van der Waals surface area contributed by atoms with Gasteiger partial charge in [-0.25, -0.2) is 0 Å². The number of fused-ring (bicyclic) bond motifs is 5. The van der Waals surface area contributed by atoms with Gasteiger partial charge in [-0.2, -0.15) is 10.4 Å². The Kier molecular flexibility index (Phi) is 5.70. The van der Waals surface area contributed by atoms with Crippen LogP contribution in [0.3, 0.4) is 0 Å². The van der Waals surface area contributed by atoms with Crippen molar-refractivity contribution in [3.8, 4) is 6.07 Å². The molecule has 10 atom stereocenters. The first-order valence-corrected chi connectivity index (χ1v) is 13.0. The van der Waals surface area contributed by atoms with Crippen LogP contribution in [0.2, 0.25) is 0 Å². The number of aromatic nitrogens is 2. The van der Waals surface area contributed by atoms with Crippen molar-refractivity contribution in [1.82, 2.24) is 9.78 Å². The lowest BCUT2D eigenvalue weighted by molar-refractivity contribution is -0.169. The van der Waals surface area contributed by atoms with Gasteiger partial charge in [-0.1, -0.05) is 6.92 Å². The lowest BCUT2D eigenvalue weighted by atomic mass is 9.48. The number of hydrogen-bond acceptors (Lipinski definition) is 5. The molecule has 33 heavy (non-hydrogen) atoms. The van der Waals surface area contributed by atoms with E-state index in [1.54, 1.807) is 24.2 Å². The molecular weight excluding hydrogens is 414 g/mol. The zero-order chi connectivity index (χ0) is 23.6. The highest BCUT2D eigenvalue weighted by atomic mass is 16.5. The van der Waals surface area contributed by atoms with Crippen LogP contribution in [0.5, 0.6) is 0 Å². The van der Waals surface area contributed by atoms with Gasteiger partial charge in [-0.3, -0.25) is 4.68 Å². The second-order valence-electron chi connectivity index (χ2n) is 12.5. The van der Waals surface area contributed by atoms with Crippen molar-refractivity contribution >= 4 is 0 Å². The fourth-order valence-electron chi connectivity index (χ4n) is 9.34. The molecule has 6 nitrogen and oxygen atoms in total. The average molecular weight is 456 g/mol. The van der Waals surface area contributed by atoms with Gasteiger partial charge in [-0.15, -0.1) is 0 Å². The normalized spacial score (nSPS) is 46.5. The van der Waals surface area contributed by atoms with Crippen LogP contribution in [0.4, 0.5) is 0 Å². The average Bonchev–Trinajstić information content (AvgIpc) is 3.35. The van der Waals surface area contributed by atoms with Crippen LogP contribution in [0.1, 0.15) is 77.7 Å². The summed E-state index contributed by atoms with van der Waals surface area (Å²) in [6, 6.07) is 2.13. The van der Waals surface area contributed by atoms with Gasteiger partial charge >= 0.3 is 0 Å². The Bertz CT molecular complexity index is 918. The molecule has 4 aliphatic rings. The Morgan fingerprint density at radius 1 is 1.21 bits per heavy atom. The lowest BCUT2D eigenvalue weighted by Gasteiger charge is -2.58. The summed E-state index contributed by atoms with van der Waals surface area (Å²) in [4.78, 5) is 0. The molecule has 4 saturated carbocycles. The summed E-state index contributed by atoms with van der Waals surface area (Å²) in [5.41, 5.74) is -0.874. The quantitative estimate of drug-likeness (QED) is 0.712. The number of rotatable bonds is 4. The SMILES string of the molecule is CO[C@@H]1C[C@H]2[C@H](CC[C@@H]3[C@@H]2CC[C@@]2(C)[C@H]3CC[C@@H]2[C@@](C)(O)Cn2cc(C#N)cn2)C[C@]1(C)O. The van der Waals surface area contributed by atoms with Crippen LogP contribution in [0.25, 0.3) is 0 Å². The summed E-state index contributed by atoms with van der Waals surface area (Å²) < 4.78 is 7.50. The second kappa shape index (κ2) is 8.07. The first kappa shape index (κ1) is 23.3. The molecule has 1 aromatic heterocycles. The molecule has 0 radical (unpaired) electrons. The minimum Gasteiger partial charge on any atom is -0.388 e. The molecular formula is C27H41N3O3. The van der Waals surface area contributed by atoms with Gasteiger partial charge in [-0.05, 0) is 106 Å². The lowest BCUT2D eigenvalue weighted by Crippen LogP contribution is -2.56. The summed E-state index contributed by atoms with van der Waals surface area (Å²) in [5, 5.41) is 36.1. The van der Waals surface area contributed by atoms with E-state index in [0.29, 0.717) is 29.9 Å². The number of nitriles is 1. The van der Waals surface area contributed by atoms with E-state index >= 15 is 0 Å². The Morgan fingerprint density at radius 2 is 2.00 bits per heavy atom. The zero-order valence-electron chi connectivity index (χ0n) is 20.7.